The summed E-state index contributed by atoms with van der Waals surface area (Å²) < 4.78 is 27.0. The molecule has 8 heteroatoms. The van der Waals surface area contributed by atoms with Gasteiger partial charge in [-0.3, -0.25) is 4.79 Å². The molecule has 2 atom stereocenters. The van der Waals surface area contributed by atoms with Crippen molar-refractivity contribution in [2.75, 3.05) is 0 Å². The zero-order chi connectivity index (χ0) is 16.6. The largest absolute Gasteiger partial charge is 0.481 e. The highest BCUT2D eigenvalue weighted by Crippen LogP contribution is 2.36. The van der Waals surface area contributed by atoms with Gasteiger partial charge in [0.15, 0.2) is 9.84 Å². The number of rotatable bonds is 4. The van der Waals surface area contributed by atoms with Gasteiger partial charge >= 0.3 is 5.97 Å². The van der Waals surface area contributed by atoms with Crippen LogP contribution in [0, 0.1) is 5.92 Å². The Labute approximate surface area is 138 Å². The molecule has 0 saturated heterocycles. The minimum atomic E-state index is -3.65. The van der Waals surface area contributed by atoms with Crippen molar-refractivity contribution >= 4 is 27.4 Å². The Bertz CT molecular complexity index is 833. The number of hydrogen-bond acceptors (Lipinski definition) is 4. The summed E-state index contributed by atoms with van der Waals surface area (Å²) in [6, 6.07) is 6.40. The number of halogens is 1. The van der Waals surface area contributed by atoms with Crippen LogP contribution in [0.5, 0.6) is 0 Å². The molecule has 1 aliphatic carbocycles. The summed E-state index contributed by atoms with van der Waals surface area (Å²) >= 11 is 6.17. The van der Waals surface area contributed by atoms with Crippen molar-refractivity contribution in [3.05, 3.63) is 41.7 Å². The van der Waals surface area contributed by atoms with Crippen molar-refractivity contribution in [1.29, 1.82) is 0 Å². The molecular weight excluding hydrogens is 340 g/mol. The molecule has 1 aromatic carbocycles. The van der Waals surface area contributed by atoms with Crippen molar-refractivity contribution in [2.24, 2.45) is 5.92 Å². The first-order valence-corrected chi connectivity index (χ1v) is 9.08. The van der Waals surface area contributed by atoms with Crippen LogP contribution in [-0.4, -0.2) is 34.5 Å². The van der Waals surface area contributed by atoms with Crippen LogP contribution >= 0.6 is 11.6 Å². The van der Waals surface area contributed by atoms with E-state index in [9.17, 15) is 13.2 Å². The van der Waals surface area contributed by atoms with E-state index in [2.05, 4.69) is 5.10 Å². The summed E-state index contributed by atoms with van der Waals surface area (Å²) in [5.41, 5.74) is 0.661. The zero-order valence-electron chi connectivity index (χ0n) is 12.1. The molecule has 2 aromatic rings. The second-order valence-electron chi connectivity index (χ2n) is 5.58. The number of carboxylic acids is 1. The quantitative estimate of drug-likeness (QED) is 0.911. The fraction of sp³-hybridized carbons (Fsp3) is 0.333. The lowest BCUT2D eigenvalue weighted by Gasteiger charge is -2.14. The van der Waals surface area contributed by atoms with Gasteiger partial charge in [-0.15, -0.1) is 0 Å². The molecule has 0 unspecified atom stereocenters. The SMILES string of the molecule is O=C(O)[C@H]1CC[C@H](S(=O)(=O)c2ccc(-n3cccn3)cc2Cl)C1. The molecule has 1 heterocycles. The van der Waals surface area contributed by atoms with Gasteiger partial charge < -0.3 is 5.11 Å². The molecule has 122 valence electrons. The highest BCUT2D eigenvalue weighted by molar-refractivity contribution is 7.92. The van der Waals surface area contributed by atoms with Crippen LogP contribution < -0.4 is 0 Å². The fourth-order valence-corrected chi connectivity index (χ4v) is 5.29. The summed E-state index contributed by atoms with van der Waals surface area (Å²) in [6.45, 7) is 0. The number of aliphatic carboxylic acids is 1. The summed E-state index contributed by atoms with van der Waals surface area (Å²) in [5.74, 6) is -1.54. The number of benzene rings is 1. The van der Waals surface area contributed by atoms with E-state index in [1.165, 1.54) is 6.07 Å². The molecule has 1 aliphatic rings. The Balaban J connectivity index is 1.90. The van der Waals surface area contributed by atoms with E-state index in [4.69, 9.17) is 16.7 Å². The summed E-state index contributed by atoms with van der Waals surface area (Å²) in [7, 11) is -3.65. The van der Waals surface area contributed by atoms with Gasteiger partial charge in [-0.05, 0) is 43.5 Å². The van der Waals surface area contributed by atoms with Gasteiger partial charge in [-0.1, -0.05) is 11.6 Å². The minimum absolute atomic E-state index is 0.0473. The number of aromatic nitrogens is 2. The minimum Gasteiger partial charge on any atom is -0.481 e. The number of carboxylic acid groups (broad SMARTS) is 1. The second kappa shape index (κ2) is 5.98. The smallest absolute Gasteiger partial charge is 0.306 e. The third-order valence-electron chi connectivity index (χ3n) is 4.16. The Morgan fingerprint density at radius 3 is 2.70 bits per heavy atom. The van der Waals surface area contributed by atoms with Crippen LogP contribution in [0.3, 0.4) is 0 Å². The van der Waals surface area contributed by atoms with E-state index in [-0.39, 0.29) is 16.3 Å². The fourth-order valence-electron chi connectivity index (χ4n) is 2.91. The second-order valence-corrected chi connectivity index (χ2v) is 8.18. The number of hydrogen-bond donors (Lipinski definition) is 1. The van der Waals surface area contributed by atoms with E-state index in [0.29, 0.717) is 18.5 Å². The first kappa shape index (κ1) is 16.0. The van der Waals surface area contributed by atoms with Crippen molar-refractivity contribution in [3.8, 4) is 5.69 Å². The Hall–Kier alpha value is -1.86. The van der Waals surface area contributed by atoms with Crippen LogP contribution in [0.1, 0.15) is 19.3 Å². The van der Waals surface area contributed by atoms with Crippen LogP contribution in [0.25, 0.3) is 5.69 Å². The Morgan fingerprint density at radius 2 is 2.13 bits per heavy atom. The molecule has 0 bridgehead atoms. The molecule has 1 fully saturated rings. The van der Waals surface area contributed by atoms with Gasteiger partial charge in [0.25, 0.3) is 0 Å². The standard InChI is InChI=1S/C15H15ClN2O4S/c16-13-9-11(18-7-1-6-17-18)3-5-14(13)23(21,22)12-4-2-10(8-12)15(19)20/h1,3,5-7,9-10,12H,2,4,8H2,(H,19,20)/t10-,12-/m0/s1. The summed E-state index contributed by atoms with van der Waals surface area (Å²) in [5, 5.41) is 12.5. The highest BCUT2D eigenvalue weighted by Gasteiger charge is 2.39. The van der Waals surface area contributed by atoms with Crippen molar-refractivity contribution in [1.82, 2.24) is 9.78 Å². The molecule has 0 amide bonds. The van der Waals surface area contributed by atoms with Crippen LogP contribution in [0.4, 0.5) is 0 Å². The molecule has 1 aromatic heterocycles. The molecular formula is C15H15ClN2O4S. The summed E-state index contributed by atoms with van der Waals surface area (Å²) in [4.78, 5) is 11.1. The molecule has 23 heavy (non-hydrogen) atoms. The topological polar surface area (TPSA) is 89.3 Å². The van der Waals surface area contributed by atoms with Crippen LogP contribution in [-0.2, 0) is 14.6 Å². The lowest BCUT2D eigenvalue weighted by atomic mass is 10.1. The average molecular weight is 355 g/mol. The number of nitrogens with zero attached hydrogens (tertiary/aromatic N) is 2. The van der Waals surface area contributed by atoms with Crippen molar-refractivity contribution < 1.29 is 18.3 Å². The maximum absolute atomic E-state index is 12.7. The molecule has 0 radical (unpaired) electrons. The highest BCUT2D eigenvalue weighted by atomic mass is 35.5. The Morgan fingerprint density at radius 1 is 1.35 bits per heavy atom. The van der Waals surface area contributed by atoms with Crippen molar-refractivity contribution in [3.63, 3.8) is 0 Å². The molecule has 6 nitrogen and oxygen atoms in total. The lowest BCUT2D eigenvalue weighted by molar-refractivity contribution is -0.141. The maximum atomic E-state index is 12.7. The van der Waals surface area contributed by atoms with Crippen LogP contribution in [0.2, 0.25) is 5.02 Å². The summed E-state index contributed by atoms with van der Waals surface area (Å²) in [6.07, 6.45) is 4.20. The lowest BCUT2D eigenvalue weighted by Crippen LogP contribution is -2.20. The first-order chi connectivity index (χ1) is 10.9. The Kier molecular flexibility index (Phi) is 4.16. The molecule has 3 rings (SSSR count). The molecule has 1 N–H and O–H groups in total. The van der Waals surface area contributed by atoms with E-state index >= 15 is 0 Å². The van der Waals surface area contributed by atoms with E-state index in [1.807, 2.05) is 0 Å². The molecule has 0 spiro atoms. The number of sulfone groups is 1. The van der Waals surface area contributed by atoms with Gasteiger partial charge in [0.1, 0.15) is 0 Å². The molecule has 1 saturated carbocycles. The maximum Gasteiger partial charge on any atom is 0.306 e. The zero-order valence-corrected chi connectivity index (χ0v) is 13.7. The van der Waals surface area contributed by atoms with E-state index < -0.39 is 27.0 Å². The predicted molar refractivity (Wildman–Crippen MR) is 84.5 cm³/mol. The van der Waals surface area contributed by atoms with Crippen molar-refractivity contribution in [2.45, 2.75) is 29.4 Å². The van der Waals surface area contributed by atoms with Crippen LogP contribution in [0.15, 0.2) is 41.6 Å². The van der Waals surface area contributed by atoms with E-state index in [0.717, 1.165) is 0 Å². The number of carbonyl (C=O) groups is 1. The van der Waals surface area contributed by atoms with Gasteiger partial charge in [0.2, 0.25) is 0 Å². The first-order valence-electron chi connectivity index (χ1n) is 7.16. The normalized spacial score (nSPS) is 21.4. The van der Waals surface area contributed by atoms with E-state index in [1.54, 1.807) is 35.3 Å². The predicted octanol–water partition coefficient (Wildman–Crippen LogP) is 2.55. The van der Waals surface area contributed by atoms with Gasteiger partial charge in [0, 0.05) is 12.4 Å². The third-order valence-corrected chi connectivity index (χ3v) is 6.86. The monoisotopic (exact) mass is 354 g/mol. The van der Waals surface area contributed by atoms with Gasteiger partial charge in [-0.2, -0.15) is 5.10 Å². The van der Waals surface area contributed by atoms with Gasteiger partial charge in [-0.25, -0.2) is 13.1 Å². The molecule has 0 aliphatic heterocycles. The average Bonchev–Trinajstić information content (AvgIpc) is 3.18. The third kappa shape index (κ3) is 2.98. The van der Waals surface area contributed by atoms with Gasteiger partial charge in [0.05, 0.1) is 26.8 Å².